The molecule has 15 heteroatoms. The van der Waals surface area contributed by atoms with Crippen LogP contribution in [0.2, 0.25) is 0 Å². The number of aryl methyl sites for hydroxylation is 1. The fourth-order valence-corrected chi connectivity index (χ4v) is 9.65. The fourth-order valence-electron chi connectivity index (χ4n) is 9.65. The Morgan fingerprint density at radius 3 is 1.57 bits per heavy atom. The maximum absolute atomic E-state index is 14.8. The van der Waals surface area contributed by atoms with Crippen molar-refractivity contribution in [2.24, 2.45) is 0 Å². The zero-order valence-electron chi connectivity index (χ0n) is 40.3. The van der Waals surface area contributed by atoms with E-state index in [1.807, 2.05) is 39.0 Å². The number of fused-ring (bicyclic) bond motifs is 2. The summed E-state index contributed by atoms with van der Waals surface area (Å²) in [6.07, 6.45) is 7.97. The van der Waals surface area contributed by atoms with Crippen molar-refractivity contribution in [3.05, 3.63) is 125 Å². The normalized spacial score (nSPS) is 15.0. The van der Waals surface area contributed by atoms with Gasteiger partial charge in [0.1, 0.15) is 53.2 Å². The maximum Gasteiger partial charge on any atom is 0.339 e. The lowest BCUT2D eigenvalue weighted by Crippen LogP contribution is -2.36. The van der Waals surface area contributed by atoms with Crippen molar-refractivity contribution in [3.63, 3.8) is 0 Å². The minimum atomic E-state index is -1.03. The predicted octanol–water partition coefficient (Wildman–Crippen LogP) is 9.86. The van der Waals surface area contributed by atoms with Gasteiger partial charge in [-0.3, -0.25) is 9.80 Å². The lowest BCUT2D eigenvalue weighted by molar-refractivity contribution is 0.0680. The molecule has 2 fully saturated rings. The molecular weight excluding hydrogens is 887 g/mol. The van der Waals surface area contributed by atoms with Crippen LogP contribution in [0.5, 0.6) is 17.2 Å². The monoisotopic (exact) mass is 952 g/mol. The maximum atomic E-state index is 14.8. The average Bonchev–Trinajstić information content (AvgIpc) is 3.92. The Bertz CT molecular complexity index is 2650. The molecule has 2 N–H and O–H groups in total. The molecular formula is C54H66F2N4O9. The van der Waals surface area contributed by atoms with Crippen molar-refractivity contribution >= 4 is 33.7 Å². The number of ether oxygens (including phenoxy) is 5. The minimum Gasteiger partial charge on any atom is -0.497 e. The number of hydrogen-bond acceptors (Lipinski definition) is 9. The molecule has 0 amide bonds. The molecule has 2 aromatic heterocycles. The predicted molar refractivity (Wildman–Crippen MR) is 263 cm³/mol. The van der Waals surface area contributed by atoms with E-state index in [2.05, 4.69) is 31.3 Å². The first-order valence-electron chi connectivity index (χ1n) is 24.1. The molecule has 6 aromatic rings. The van der Waals surface area contributed by atoms with E-state index in [0.717, 1.165) is 96.9 Å². The SMILES string of the molecule is CCOCCn1cc(C2CCN(CCOc3cc(OC)ccc3C(=O)O)CC2)c2c(F)cccc21.CCOCCn1cc(C2CCN(CCOc3ccc(C)cc3C(=O)O)CC2)c2c(F)cccc21. The molecule has 8 rings (SSSR count). The molecule has 69 heavy (non-hydrogen) atoms. The molecule has 13 nitrogen and oxygen atoms in total. The number of piperidine rings is 2. The van der Waals surface area contributed by atoms with E-state index in [0.29, 0.717) is 82.4 Å². The topological polar surface area (TPSA) is 137 Å². The van der Waals surface area contributed by atoms with Gasteiger partial charge >= 0.3 is 11.9 Å². The lowest BCUT2D eigenvalue weighted by atomic mass is 9.89. The zero-order valence-corrected chi connectivity index (χ0v) is 40.3. The van der Waals surface area contributed by atoms with Crippen molar-refractivity contribution in [3.8, 4) is 17.2 Å². The first-order valence-corrected chi connectivity index (χ1v) is 24.1. The Balaban J connectivity index is 0.000000204. The zero-order chi connectivity index (χ0) is 48.9. The van der Waals surface area contributed by atoms with E-state index >= 15 is 0 Å². The number of methoxy groups -OCH3 is 1. The molecule has 0 atom stereocenters. The molecule has 2 saturated heterocycles. The van der Waals surface area contributed by atoms with E-state index in [1.165, 1.54) is 19.2 Å². The highest BCUT2D eigenvalue weighted by Crippen LogP contribution is 2.38. The van der Waals surface area contributed by atoms with Gasteiger partial charge in [-0.1, -0.05) is 23.8 Å². The molecule has 0 unspecified atom stereocenters. The van der Waals surface area contributed by atoms with Crippen LogP contribution in [-0.4, -0.2) is 127 Å². The van der Waals surface area contributed by atoms with Crippen LogP contribution in [-0.2, 0) is 22.6 Å². The van der Waals surface area contributed by atoms with Gasteiger partial charge in [-0.05, 0) is 144 Å². The Hall–Kier alpha value is -6.00. The van der Waals surface area contributed by atoms with Crippen LogP contribution in [0.1, 0.15) is 88.8 Å². The van der Waals surface area contributed by atoms with Crippen LogP contribution in [0.4, 0.5) is 8.78 Å². The van der Waals surface area contributed by atoms with Gasteiger partial charge in [0.2, 0.25) is 0 Å². The summed E-state index contributed by atoms with van der Waals surface area (Å²) in [5, 5.41) is 20.3. The summed E-state index contributed by atoms with van der Waals surface area (Å²) in [5.41, 5.74) is 5.22. The molecule has 4 aromatic carbocycles. The van der Waals surface area contributed by atoms with Gasteiger partial charge in [0.05, 0.1) is 31.4 Å². The first kappa shape index (κ1) is 50.9. The quantitative estimate of drug-likeness (QED) is 0.0668. The van der Waals surface area contributed by atoms with Crippen LogP contribution < -0.4 is 14.2 Å². The second-order valence-corrected chi connectivity index (χ2v) is 17.6. The number of benzene rings is 4. The van der Waals surface area contributed by atoms with Crippen molar-refractivity contribution in [1.82, 2.24) is 18.9 Å². The lowest BCUT2D eigenvalue weighted by Gasteiger charge is -2.31. The summed E-state index contributed by atoms with van der Waals surface area (Å²) in [7, 11) is 1.53. The largest absolute Gasteiger partial charge is 0.497 e. The van der Waals surface area contributed by atoms with Crippen molar-refractivity contribution < 1.29 is 52.3 Å². The first-order chi connectivity index (χ1) is 33.5. The van der Waals surface area contributed by atoms with E-state index < -0.39 is 11.9 Å². The van der Waals surface area contributed by atoms with Crippen molar-refractivity contribution in [2.45, 2.75) is 71.4 Å². The van der Waals surface area contributed by atoms with Gasteiger partial charge in [0.15, 0.2) is 0 Å². The molecule has 2 aliphatic heterocycles. The Morgan fingerprint density at radius 2 is 1.10 bits per heavy atom. The summed E-state index contributed by atoms with van der Waals surface area (Å²) in [6.45, 7) is 15.5. The third kappa shape index (κ3) is 12.8. The number of rotatable bonds is 21. The highest BCUT2D eigenvalue weighted by atomic mass is 19.1. The van der Waals surface area contributed by atoms with Crippen LogP contribution in [0.3, 0.4) is 0 Å². The van der Waals surface area contributed by atoms with Gasteiger partial charge in [-0.2, -0.15) is 0 Å². The highest BCUT2D eigenvalue weighted by Gasteiger charge is 2.27. The van der Waals surface area contributed by atoms with Crippen LogP contribution in [0.15, 0.2) is 85.2 Å². The number of aromatic carboxylic acids is 2. The van der Waals surface area contributed by atoms with E-state index in [-0.39, 0.29) is 28.7 Å². The molecule has 2 aliphatic rings. The van der Waals surface area contributed by atoms with Gasteiger partial charge in [0.25, 0.3) is 0 Å². The number of carboxylic acid groups (broad SMARTS) is 2. The third-order valence-electron chi connectivity index (χ3n) is 13.3. The standard InChI is InChI=1S/C27H33FN2O5.C27H33FN2O4/c1-3-34-15-14-30-18-22(26-23(28)5-4-6-24(26)30)19-9-11-29(12-10-19)13-16-35-25-17-20(33-2)7-8-21(25)27(31)32;1-3-33-15-14-30-18-22(26-23(28)5-4-6-24(26)30)20-9-11-29(12-10-20)13-16-34-25-8-7-19(2)17-21(25)27(31)32/h4-8,17-19H,3,9-16H2,1-2H3,(H,31,32);4-8,17-18,20H,3,9-16H2,1-2H3,(H,31,32). The molecule has 0 saturated carbocycles. The summed E-state index contributed by atoms with van der Waals surface area (Å²) < 4.78 is 61.7. The summed E-state index contributed by atoms with van der Waals surface area (Å²) >= 11 is 0. The number of likely N-dealkylation sites (tertiary alicyclic amines) is 2. The minimum absolute atomic E-state index is 0.118. The molecule has 370 valence electrons. The Kier molecular flexibility index (Phi) is 18.1. The molecule has 0 aliphatic carbocycles. The number of carboxylic acids is 2. The smallest absolute Gasteiger partial charge is 0.339 e. The van der Waals surface area contributed by atoms with Crippen LogP contribution in [0.25, 0.3) is 21.8 Å². The molecule has 0 spiro atoms. The highest BCUT2D eigenvalue weighted by molar-refractivity contribution is 5.92. The number of nitrogens with zero attached hydrogens (tertiary/aromatic N) is 4. The summed E-state index contributed by atoms with van der Waals surface area (Å²) in [4.78, 5) is 27.6. The summed E-state index contributed by atoms with van der Waals surface area (Å²) in [5.74, 6) is -0.480. The second kappa shape index (κ2) is 24.5. The van der Waals surface area contributed by atoms with Crippen LogP contribution in [0, 0.1) is 18.6 Å². The number of hydrogen-bond donors (Lipinski definition) is 2. The molecule has 0 bridgehead atoms. The fraction of sp³-hybridized carbons (Fsp3) is 0.444. The van der Waals surface area contributed by atoms with Gasteiger partial charge < -0.3 is 43.0 Å². The number of carbonyl (C=O) groups is 2. The van der Waals surface area contributed by atoms with Crippen LogP contribution >= 0.6 is 0 Å². The Morgan fingerprint density at radius 1 is 0.609 bits per heavy atom. The van der Waals surface area contributed by atoms with Gasteiger partial charge in [-0.25, -0.2) is 18.4 Å². The molecule has 4 heterocycles. The van der Waals surface area contributed by atoms with E-state index in [4.69, 9.17) is 23.7 Å². The number of aromatic nitrogens is 2. The molecule has 0 radical (unpaired) electrons. The van der Waals surface area contributed by atoms with E-state index in [1.54, 1.807) is 42.5 Å². The average molecular weight is 953 g/mol. The number of halogens is 2. The second-order valence-electron chi connectivity index (χ2n) is 17.6. The van der Waals surface area contributed by atoms with Crippen molar-refractivity contribution in [2.75, 3.05) is 86.0 Å². The Labute approximate surface area is 403 Å². The van der Waals surface area contributed by atoms with E-state index in [9.17, 15) is 28.6 Å². The van der Waals surface area contributed by atoms with Gasteiger partial charge in [-0.15, -0.1) is 0 Å². The van der Waals surface area contributed by atoms with Crippen molar-refractivity contribution in [1.29, 1.82) is 0 Å². The third-order valence-corrected chi connectivity index (χ3v) is 13.3. The van der Waals surface area contributed by atoms with Gasteiger partial charge in [0, 0.05) is 68.6 Å². The summed E-state index contributed by atoms with van der Waals surface area (Å²) in [6, 6.07) is 20.5.